The summed E-state index contributed by atoms with van der Waals surface area (Å²) >= 11 is 5.94. The maximum absolute atomic E-state index is 13.9. The van der Waals surface area contributed by atoms with Crippen molar-refractivity contribution in [3.05, 3.63) is 59.0 Å². The van der Waals surface area contributed by atoms with Crippen LogP contribution in [0.4, 0.5) is 24.7 Å². The van der Waals surface area contributed by atoms with E-state index in [1.54, 1.807) is 24.3 Å². The van der Waals surface area contributed by atoms with Crippen LogP contribution in [0.5, 0.6) is 11.5 Å². The van der Waals surface area contributed by atoms with Crippen LogP contribution in [0.2, 0.25) is 5.15 Å². The summed E-state index contributed by atoms with van der Waals surface area (Å²) in [7, 11) is 0. The van der Waals surface area contributed by atoms with Crippen LogP contribution >= 0.6 is 11.6 Å². The van der Waals surface area contributed by atoms with E-state index in [2.05, 4.69) is 20.7 Å². The zero-order valence-corrected chi connectivity index (χ0v) is 16.9. The highest BCUT2D eigenvalue weighted by Crippen LogP contribution is 2.45. The van der Waals surface area contributed by atoms with E-state index in [-0.39, 0.29) is 35.6 Å². The van der Waals surface area contributed by atoms with Crippen molar-refractivity contribution >= 4 is 29.0 Å². The molecule has 0 radical (unpaired) electrons. The summed E-state index contributed by atoms with van der Waals surface area (Å²) in [6.07, 6.45) is -3.44. The molecule has 166 valence electrons. The second kappa shape index (κ2) is 7.59. The Hall–Kier alpha value is -3.47. The van der Waals surface area contributed by atoms with Gasteiger partial charge in [0.25, 0.3) is 5.91 Å². The first-order valence-corrected chi connectivity index (χ1v) is 9.91. The number of ether oxygens (including phenoxy) is 2. The van der Waals surface area contributed by atoms with Gasteiger partial charge in [-0.25, -0.2) is 9.67 Å². The Bertz CT molecular complexity index is 1200. The standard InChI is InChI=1S/C20H15ClF3N5O3/c21-18-11(2-1-5-25-18)27-19(30)13-8-17-26-12(7-16(20(22,23)24)29(17)28-13)10-3-4-14-15(6-10)32-9-31-14/h1-6,8,12,16,26H,7,9H2,(H,27,30)/t12-,16-/m0/s1. The zero-order chi connectivity index (χ0) is 22.5. The normalized spacial score (nSPS) is 19.2. The van der Waals surface area contributed by atoms with Gasteiger partial charge in [0.15, 0.2) is 28.4 Å². The van der Waals surface area contributed by atoms with Crippen molar-refractivity contribution in [1.82, 2.24) is 14.8 Å². The predicted octanol–water partition coefficient (Wildman–Crippen LogP) is 4.57. The van der Waals surface area contributed by atoms with Gasteiger partial charge in [-0.2, -0.15) is 18.3 Å². The fourth-order valence-electron chi connectivity index (χ4n) is 3.70. The van der Waals surface area contributed by atoms with Crippen molar-refractivity contribution in [3.8, 4) is 11.5 Å². The number of hydrogen-bond acceptors (Lipinski definition) is 6. The van der Waals surface area contributed by atoms with E-state index in [4.69, 9.17) is 21.1 Å². The van der Waals surface area contributed by atoms with Crippen LogP contribution in [0.3, 0.4) is 0 Å². The molecule has 2 aliphatic rings. The molecule has 0 aliphatic carbocycles. The molecule has 5 rings (SSSR count). The van der Waals surface area contributed by atoms with Gasteiger partial charge in [-0.3, -0.25) is 4.79 Å². The highest BCUT2D eigenvalue weighted by atomic mass is 35.5. The molecule has 3 aromatic rings. The molecule has 32 heavy (non-hydrogen) atoms. The van der Waals surface area contributed by atoms with Gasteiger partial charge >= 0.3 is 6.18 Å². The number of aromatic nitrogens is 3. The van der Waals surface area contributed by atoms with Crippen molar-refractivity contribution < 1.29 is 27.4 Å². The molecule has 12 heteroatoms. The molecule has 2 aromatic heterocycles. The number of nitrogens with zero attached hydrogens (tertiary/aromatic N) is 3. The lowest BCUT2D eigenvalue weighted by molar-refractivity contribution is -0.173. The van der Waals surface area contributed by atoms with Crippen LogP contribution in [0.25, 0.3) is 0 Å². The molecule has 0 fully saturated rings. The van der Waals surface area contributed by atoms with Crippen LogP contribution in [-0.2, 0) is 0 Å². The van der Waals surface area contributed by atoms with E-state index in [9.17, 15) is 18.0 Å². The van der Waals surface area contributed by atoms with Crippen molar-refractivity contribution in [2.45, 2.75) is 24.7 Å². The third-order valence-electron chi connectivity index (χ3n) is 5.23. The summed E-state index contributed by atoms with van der Waals surface area (Å²) in [4.78, 5) is 16.5. The maximum Gasteiger partial charge on any atom is 0.410 e. The van der Waals surface area contributed by atoms with Gasteiger partial charge in [0.1, 0.15) is 5.82 Å². The number of hydrogen-bond donors (Lipinski definition) is 2. The van der Waals surface area contributed by atoms with Gasteiger partial charge in [0, 0.05) is 18.7 Å². The molecule has 8 nitrogen and oxygen atoms in total. The van der Waals surface area contributed by atoms with E-state index in [0.717, 1.165) is 4.68 Å². The number of rotatable bonds is 3. The second-order valence-electron chi connectivity index (χ2n) is 7.26. The SMILES string of the molecule is O=C(Nc1cccnc1Cl)c1cc2n(n1)[C@H](C(F)(F)F)C[C@@H](c1ccc3c(c1)OCO3)N2. The van der Waals surface area contributed by atoms with E-state index < -0.39 is 24.2 Å². The van der Waals surface area contributed by atoms with Gasteiger partial charge in [0.05, 0.1) is 11.7 Å². The summed E-state index contributed by atoms with van der Waals surface area (Å²) in [5, 5.41) is 9.53. The second-order valence-corrected chi connectivity index (χ2v) is 7.62. The zero-order valence-electron chi connectivity index (χ0n) is 16.2. The third kappa shape index (κ3) is 3.68. The average molecular weight is 466 g/mol. The molecule has 4 heterocycles. The Labute approximate surface area is 184 Å². The van der Waals surface area contributed by atoms with E-state index in [1.165, 1.54) is 18.3 Å². The van der Waals surface area contributed by atoms with Crippen molar-refractivity contribution in [2.24, 2.45) is 0 Å². The monoisotopic (exact) mass is 465 g/mol. The van der Waals surface area contributed by atoms with E-state index >= 15 is 0 Å². The van der Waals surface area contributed by atoms with E-state index in [1.807, 2.05) is 0 Å². The Morgan fingerprint density at radius 2 is 2.03 bits per heavy atom. The minimum Gasteiger partial charge on any atom is -0.454 e. The fourth-order valence-corrected chi connectivity index (χ4v) is 3.87. The molecule has 0 bridgehead atoms. The Morgan fingerprint density at radius 1 is 1.22 bits per heavy atom. The molecule has 2 N–H and O–H groups in total. The smallest absolute Gasteiger partial charge is 0.410 e. The molecule has 0 saturated heterocycles. The van der Waals surface area contributed by atoms with Crippen molar-refractivity contribution in [1.29, 1.82) is 0 Å². The highest BCUT2D eigenvalue weighted by Gasteiger charge is 2.47. The number of carbonyl (C=O) groups is 1. The fraction of sp³-hybridized carbons (Fsp3) is 0.250. The molecular weight excluding hydrogens is 451 g/mol. The van der Waals surface area contributed by atoms with Crippen molar-refractivity contribution in [2.75, 3.05) is 17.4 Å². The van der Waals surface area contributed by atoms with Gasteiger partial charge in [-0.1, -0.05) is 17.7 Å². The number of carbonyl (C=O) groups excluding carboxylic acids is 1. The predicted molar refractivity (Wildman–Crippen MR) is 108 cm³/mol. The molecule has 1 amide bonds. The maximum atomic E-state index is 13.9. The van der Waals surface area contributed by atoms with Crippen LogP contribution < -0.4 is 20.1 Å². The topological polar surface area (TPSA) is 90.3 Å². The van der Waals surface area contributed by atoms with Crippen LogP contribution in [0.1, 0.15) is 34.6 Å². The van der Waals surface area contributed by atoms with Crippen LogP contribution in [-0.4, -0.2) is 33.6 Å². The molecule has 0 saturated carbocycles. The molecule has 1 aromatic carbocycles. The minimum absolute atomic E-state index is 0.0546. The summed E-state index contributed by atoms with van der Waals surface area (Å²) in [6, 6.07) is 6.76. The highest BCUT2D eigenvalue weighted by molar-refractivity contribution is 6.32. The molecule has 0 unspecified atom stereocenters. The number of fused-ring (bicyclic) bond motifs is 2. The first-order valence-electron chi connectivity index (χ1n) is 9.54. The lowest BCUT2D eigenvalue weighted by atomic mass is 9.96. The number of halogens is 4. The Balaban J connectivity index is 1.46. The summed E-state index contributed by atoms with van der Waals surface area (Å²) < 4.78 is 53.0. The molecule has 2 atom stereocenters. The van der Waals surface area contributed by atoms with Gasteiger partial charge < -0.3 is 20.1 Å². The summed E-state index contributed by atoms with van der Waals surface area (Å²) in [6.45, 7) is 0.0637. The number of pyridine rings is 1. The number of anilines is 2. The lowest BCUT2D eigenvalue weighted by Crippen LogP contribution is -2.35. The number of alkyl halides is 3. The first-order chi connectivity index (χ1) is 15.3. The number of nitrogens with one attached hydrogen (secondary N) is 2. The number of benzene rings is 1. The van der Waals surface area contributed by atoms with Gasteiger partial charge in [-0.05, 0) is 29.8 Å². The van der Waals surface area contributed by atoms with E-state index in [0.29, 0.717) is 17.1 Å². The third-order valence-corrected chi connectivity index (χ3v) is 5.53. The summed E-state index contributed by atoms with van der Waals surface area (Å²) in [5.41, 5.74) is 0.640. The van der Waals surface area contributed by atoms with Gasteiger partial charge in [0.2, 0.25) is 6.79 Å². The average Bonchev–Trinajstić information content (AvgIpc) is 3.40. The first kappa shape index (κ1) is 20.4. The lowest BCUT2D eigenvalue weighted by Gasteiger charge is -2.33. The number of amides is 1. The van der Waals surface area contributed by atoms with Gasteiger partial charge in [-0.15, -0.1) is 0 Å². The largest absolute Gasteiger partial charge is 0.454 e. The molecule has 0 spiro atoms. The Kier molecular flexibility index (Phi) is 4.85. The molecular formula is C20H15ClF3N5O3. The van der Waals surface area contributed by atoms with Crippen LogP contribution in [0.15, 0.2) is 42.6 Å². The Morgan fingerprint density at radius 3 is 2.81 bits per heavy atom. The minimum atomic E-state index is -4.57. The summed E-state index contributed by atoms with van der Waals surface area (Å²) in [5.74, 6) is 0.378. The quantitative estimate of drug-likeness (QED) is 0.551. The van der Waals surface area contributed by atoms with Crippen LogP contribution in [0, 0.1) is 0 Å². The van der Waals surface area contributed by atoms with Crippen molar-refractivity contribution in [3.63, 3.8) is 0 Å². The molecule has 2 aliphatic heterocycles.